The van der Waals surface area contributed by atoms with Gasteiger partial charge in [0.05, 0.1) is 0 Å². The average molecular weight is 173 g/mol. The number of ether oxygens (including phenoxy) is 1. The van der Waals surface area contributed by atoms with Crippen LogP contribution in [0.2, 0.25) is 0 Å². The summed E-state index contributed by atoms with van der Waals surface area (Å²) in [5.74, 6) is 0.214. The van der Waals surface area contributed by atoms with E-state index in [-0.39, 0.29) is 12.0 Å². The highest BCUT2D eigenvalue weighted by molar-refractivity contribution is 5.01. The lowest BCUT2D eigenvalue weighted by molar-refractivity contribution is -0.0635. The molecule has 1 aliphatic carbocycles. The molecule has 0 aromatic rings. The molecule has 2 rings (SSSR count). The van der Waals surface area contributed by atoms with E-state index in [1.54, 1.807) is 0 Å². The molecule has 1 saturated heterocycles. The van der Waals surface area contributed by atoms with Crippen molar-refractivity contribution in [1.29, 1.82) is 0 Å². The van der Waals surface area contributed by atoms with Crippen LogP contribution in [0.4, 0.5) is 4.39 Å². The van der Waals surface area contributed by atoms with Crippen molar-refractivity contribution in [1.82, 2.24) is 0 Å². The minimum absolute atomic E-state index is 0.109. The Bertz CT molecular complexity index is 162. The zero-order valence-electron chi connectivity index (χ0n) is 7.26. The van der Waals surface area contributed by atoms with Crippen molar-refractivity contribution in [3.05, 3.63) is 0 Å². The monoisotopic (exact) mass is 173 g/mol. The van der Waals surface area contributed by atoms with Gasteiger partial charge in [-0.2, -0.15) is 0 Å². The lowest BCUT2D eigenvalue weighted by Crippen LogP contribution is -2.53. The summed E-state index contributed by atoms with van der Waals surface area (Å²) in [6.45, 7) is 1.46. The first kappa shape index (κ1) is 8.45. The molecule has 1 heterocycles. The second-order valence-electron chi connectivity index (χ2n) is 4.09. The molecule has 2 aliphatic rings. The van der Waals surface area contributed by atoms with Gasteiger partial charge in [-0.3, -0.25) is 0 Å². The molecule has 0 bridgehead atoms. The highest BCUT2D eigenvalue weighted by Gasteiger charge is 2.48. The maximum absolute atomic E-state index is 13.9. The smallest absolute Gasteiger partial charge is 0.117 e. The Morgan fingerprint density at radius 3 is 2.33 bits per heavy atom. The maximum atomic E-state index is 13.9. The largest absolute Gasteiger partial charge is 0.381 e. The minimum atomic E-state index is -0.941. The predicted octanol–water partition coefficient (Wildman–Crippen LogP) is 1.24. The highest BCUT2D eigenvalue weighted by Crippen LogP contribution is 2.45. The van der Waals surface area contributed by atoms with Crippen LogP contribution < -0.4 is 5.73 Å². The van der Waals surface area contributed by atoms with E-state index in [0.717, 1.165) is 26.1 Å². The van der Waals surface area contributed by atoms with Crippen molar-refractivity contribution in [3.63, 3.8) is 0 Å². The fourth-order valence-electron chi connectivity index (χ4n) is 2.36. The van der Waals surface area contributed by atoms with Crippen molar-refractivity contribution in [2.75, 3.05) is 13.2 Å². The summed E-state index contributed by atoms with van der Waals surface area (Å²) in [6.07, 6.45) is 2.89. The zero-order valence-corrected chi connectivity index (χ0v) is 7.26. The lowest BCUT2D eigenvalue weighted by atomic mass is 9.67. The van der Waals surface area contributed by atoms with Crippen LogP contribution in [-0.4, -0.2) is 24.9 Å². The van der Waals surface area contributed by atoms with Crippen LogP contribution in [-0.2, 0) is 4.74 Å². The third-order valence-electron chi connectivity index (χ3n) is 3.16. The van der Waals surface area contributed by atoms with E-state index < -0.39 is 5.67 Å². The average Bonchev–Trinajstić information content (AvgIpc) is 2.04. The molecule has 0 aromatic heterocycles. The van der Waals surface area contributed by atoms with Crippen LogP contribution in [0.15, 0.2) is 0 Å². The molecule has 3 heteroatoms. The van der Waals surface area contributed by atoms with Gasteiger partial charge in [0.25, 0.3) is 0 Å². The summed E-state index contributed by atoms with van der Waals surface area (Å²) in [7, 11) is 0. The Kier molecular flexibility index (Phi) is 2.09. The Morgan fingerprint density at radius 1 is 1.25 bits per heavy atom. The van der Waals surface area contributed by atoms with Crippen LogP contribution >= 0.6 is 0 Å². The van der Waals surface area contributed by atoms with Crippen molar-refractivity contribution in [3.8, 4) is 0 Å². The van der Waals surface area contributed by atoms with Crippen LogP contribution in [0.1, 0.15) is 25.7 Å². The van der Waals surface area contributed by atoms with Gasteiger partial charge in [0.1, 0.15) is 5.67 Å². The molecule has 12 heavy (non-hydrogen) atoms. The van der Waals surface area contributed by atoms with Gasteiger partial charge in [0, 0.05) is 19.3 Å². The number of hydrogen-bond donors (Lipinski definition) is 1. The molecule has 2 fully saturated rings. The summed E-state index contributed by atoms with van der Waals surface area (Å²) in [4.78, 5) is 0. The summed E-state index contributed by atoms with van der Waals surface area (Å²) >= 11 is 0. The number of hydrogen-bond acceptors (Lipinski definition) is 2. The number of alkyl halides is 1. The van der Waals surface area contributed by atoms with Gasteiger partial charge >= 0.3 is 0 Å². The Balaban J connectivity index is 1.90. The molecule has 0 atom stereocenters. The second kappa shape index (κ2) is 2.96. The van der Waals surface area contributed by atoms with E-state index in [1.807, 2.05) is 0 Å². The first-order valence-corrected chi connectivity index (χ1v) is 4.73. The van der Waals surface area contributed by atoms with E-state index >= 15 is 0 Å². The van der Waals surface area contributed by atoms with Crippen molar-refractivity contribution >= 4 is 0 Å². The molecule has 2 nitrogen and oxygen atoms in total. The lowest BCUT2D eigenvalue weighted by Gasteiger charge is -2.46. The van der Waals surface area contributed by atoms with E-state index in [9.17, 15) is 4.39 Å². The topological polar surface area (TPSA) is 35.2 Å². The van der Waals surface area contributed by atoms with Crippen LogP contribution in [0.25, 0.3) is 0 Å². The molecule has 0 spiro atoms. The predicted molar refractivity (Wildman–Crippen MR) is 44.6 cm³/mol. The Labute approximate surface area is 72.3 Å². The van der Waals surface area contributed by atoms with Gasteiger partial charge in [0.15, 0.2) is 0 Å². The normalized spacial score (nSPS) is 44.0. The fraction of sp³-hybridized carbons (Fsp3) is 1.00. The fourth-order valence-corrected chi connectivity index (χ4v) is 2.36. The van der Waals surface area contributed by atoms with Crippen molar-refractivity contribution in [2.24, 2.45) is 11.7 Å². The SMILES string of the molecule is NC1CC(F)(C2CCOCC2)C1. The Hall–Kier alpha value is -0.150. The minimum Gasteiger partial charge on any atom is -0.381 e. The molecular weight excluding hydrogens is 157 g/mol. The first-order chi connectivity index (χ1) is 5.71. The molecule has 0 unspecified atom stereocenters. The molecule has 1 aliphatic heterocycles. The second-order valence-corrected chi connectivity index (χ2v) is 4.09. The molecule has 0 amide bonds. The van der Waals surface area contributed by atoms with Crippen molar-refractivity contribution in [2.45, 2.75) is 37.4 Å². The third-order valence-corrected chi connectivity index (χ3v) is 3.16. The quantitative estimate of drug-likeness (QED) is 0.647. The molecule has 0 radical (unpaired) electrons. The Morgan fingerprint density at radius 2 is 1.83 bits per heavy atom. The molecule has 1 saturated carbocycles. The zero-order chi connectivity index (χ0) is 8.60. The van der Waals surface area contributed by atoms with E-state index in [2.05, 4.69) is 0 Å². The summed E-state index contributed by atoms with van der Waals surface area (Å²) in [6, 6.07) is 0.109. The third kappa shape index (κ3) is 1.36. The number of halogens is 1. The van der Waals surface area contributed by atoms with Crippen molar-refractivity contribution < 1.29 is 9.13 Å². The van der Waals surface area contributed by atoms with Gasteiger partial charge in [0.2, 0.25) is 0 Å². The van der Waals surface area contributed by atoms with Crippen LogP contribution in [0.3, 0.4) is 0 Å². The maximum Gasteiger partial charge on any atom is 0.117 e. The standard InChI is InChI=1S/C9H16FNO/c10-9(5-8(11)6-9)7-1-3-12-4-2-7/h7-8H,1-6,11H2. The van der Waals surface area contributed by atoms with Crippen LogP contribution in [0.5, 0.6) is 0 Å². The van der Waals surface area contributed by atoms with E-state index in [0.29, 0.717) is 12.8 Å². The van der Waals surface area contributed by atoms with Crippen LogP contribution in [0, 0.1) is 5.92 Å². The van der Waals surface area contributed by atoms with E-state index in [1.165, 1.54) is 0 Å². The molecular formula is C9H16FNO. The highest BCUT2D eigenvalue weighted by atomic mass is 19.1. The van der Waals surface area contributed by atoms with Gasteiger partial charge in [-0.15, -0.1) is 0 Å². The summed E-state index contributed by atoms with van der Waals surface area (Å²) < 4.78 is 19.1. The van der Waals surface area contributed by atoms with Gasteiger partial charge in [-0.1, -0.05) is 0 Å². The molecule has 2 N–H and O–H groups in total. The van der Waals surface area contributed by atoms with Gasteiger partial charge in [-0.25, -0.2) is 4.39 Å². The summed E-state index contributed by atoms with van der Waals surface area (Å²) in [5.41, 5.74) is 4.65. The molecule has 70 valence electrons. The number of rotatable bonds is 1. The van der Waals surface area contributed by atoms with Gasteiger partial charge < -0.3 is 10.5 Å². The molecule has 0 aromatic carbocycles. The number of nitrogens with two attached hydrogens (primary N) is 1. The van der Waals surface area contributed by atoms with Gasteiger partial charge in [-0.05, 0) is 31.6 Å². The first-order valence-electron chi connectivity index (χ1n) is 4.73. The van der Waals surface area contributed by atoms with E-state index in [4.69, 9.17) is 10.5 Å². The summed E-state index contributed by atoms with van der Waals surface area (Å²) in [5, 5.41) is 0.